The van der Waals surface area contributed by atoms with Gasteiger partial charge in [0.05, 0.1) is 19.3 Å². The molecule has 0 radical (unpaired) electrons. The van der Waals surface area contributed by atoms with Gasteiger partial charge in [-0.3, -0.25) is 0 Å². The van der Waals surface area contributed by atoms with Crippen LogP contribution in [0.5, 0.6) is 0 Å². The van der Waals surface area contributed by atoms with Gasteiger partial charge in [-0.05, 0) is 11.6 Å². The van der Waals surface area contributed by atoms with Crippen LogP contribution in [0.25, 0.3) is 0 Å². The summed E-state index contributed by atoms with van der Waals surface area (Å²) in [5.41, 5.74) is 10.3. The van der Waals surface area contributed by atoms with Crippen molar-refractivity contribution in [1.82, 2.24) is 10.4 Å². The first-order valence-electron chi connectivity index (χ1n) is 5.84. The van der Waals surface area contributed by atoms with Crippen LogP contribution in [0.4, 0.5) is 0 Å². The quantitative estimate of drug-likeness (QED) is 0.848. The standard InChI is InChI=1S/C12H18ClN3O/c13-11-4-2-1-3-10(11)12(9-14)15-16-5-7-17-8-6-16/h1-4,12,15H,5-9,14H2. The van der Waals surface area contributed by atoms with E-state index in [4.69, 9.17) is 22.1 Å². The van der Waals surface area contributed by atoms with E-state index in [2.05, 4.69) is 10.4 Å². The largest absolute Gasteiger partial charge is 0.379 e. The first kappa shape index (κ1) is 12.8. The summed E-state index contributed by atoms with van der Waals surface area (Å²) in [6.07, 6.45) is 0. The molecule has 0 aliphatic carbocycles. The van der Waals surface area contributed by atoms with Gasteiger partial charge < -0.3 is 10.5 Å². The molecule has 0 spiro atoms. The lowest BCUT2D eigenvalue weighted by Gasteiger charge is -2.31. The summed E-state index contributed by atoms with van der Waals surface area (Å²) in [4.78, 5) is 0. The fourth-order valence-electron chi connectivity index (χ4n) is 1.92. The Morgan fingerprint density at radius 3 is 2.71 bits per heavy atom. The van der Waals surface area contributed by atoms with Gasteiger partial charge in [0.25, 0.3) is 0 Å². The Labute approximate surface area is 107 Å². The minimum Gasteiger partial charge on any atom is -0.379 e. The molecule has 1 saturated heterocycles. The number of ether oxygens (including phenoxy) is 1. The van der Waals surface area contributed by atoms with Gasteiger partial charge in [-0.25, -0.2) is 10.4 Å². The highest BCUT2D eigenvalue weighted by atomic mass is 35.5. The van der Waals surface area contributed by atoms with Crippen LogP contribution in [0.3, 0.4) is 0 Å². The second kappa shape index (κ2) is 6.33. The van der Waals surface area contributed by atoms with Crippen LogP contribution in [-0.2, 0) is 4.74 Å². The van der Waals surface area contributed by atoms with Crippen molar-refractivity contribution in [2.24, 2.45) is 5.73 Å². The highest BCUT2D eigenvalue weighted by Gasteiger charge is 2.17. The number of nitrogens with one attached hydrogen (secondary N) is 1. The van der Waals surface area contributed by atoms with Crippen LogP contribution in [-0.4, -0.2) is 37.9 Å². The highest BCUT2D eigenvalue weighted by Crippen LogP contribution is 2.22. The van der Waals surface area contributed by atoms with Gasteiger partial charge in [0.2, 0.25) is 0 Å². The molecule has 4 nitrogen and oxygen atoms in total. The van der Waals surface area contributed by atoms with Crippen molar-refractivity contribution >= 4 is 11.6 Å². The zero-order valence-electron chi connectivity index (χ0n) is 9.73. The van der Waals surface area contributed by atoms with E-state index >= 15 is 0 Å². The van der Waals surface area contributed by atoms with Crippen molar-refractivity contribution in [1.29, 1.82) is 0 Å². The molecule has 1 aromatic carbocycles. The van der Waals surface area contributed by atoms with E-state index in [-0.39, 0.29) is 6.04 Å². The average Bonchev–Trinajstić information content (AvgIpc) is 2.38. The molecule has 1 aliphatic rings. The van der Waals surface area contributed by atoms with E-state index in [1.165, 1.54) is 0 Å². The molecule has 1 unspecified atom stereocenters. The lowest BCUT2D eigenvalue weighted by Crippen LogP contribution is -2.48. The molecule has 1 aliphatic heterocycles. The lowest BCUT2D eigenvalue weighted by atomic mass is 10.1. The number of rotatable bonds is 4. The van der Waals surface area contributed by atoms with E-state index in [0.29, 0.717) is 6.54 Å². The Kier molecular flexibility index (Phi) is 4.76. The fourth-order valence-corrected chi connectivity index (χ4v) is 2.19. The van der Waals surface area contributed by atoms with E-state index in [9.17, 15) is 0 Å². The third-order valence-electron chi connectivity index (χ3n) is 2.87. The molecule has 0 amide bonds. The summed E-state index contributed by atoms with van der Waals surface area (Å²) in [7, 11) is 0. The van der Waals surface area contributed by atoms with E-state index < -0.39 is 0 Å². The summed E-state index contributed by atoms with van der Waals surface area (Å²) in [6, 6.07) is 7.86. The number of nitrogens with zero attached hydrogens (tertiary/aromatic N) is 1. The molecule has 1 atom stereocenters. The Bertz CT molecular complexity index is 355. The predicted octanol–water partition coefficient (Wildman–Crippen LogP) is 1.18. The SMILES string of the molecule is NCC(NN1CCOCC1)c1ccccc1Cl. The van der Waals surface area contributed by atoms with E-state index in [0.717, 1.165) is 36.9 Å². The number of nitrogens with two attached hydrogens (primary N) is 1. The van der Waals surface area contributed by atoms with Crippen LogP contribution in [0.2, 0.25) is 5.02 Å². The van der Waals surface area contributed by atoms with Gasteiger partial charge in [0, 0.05) is 24.7 Å². The Morgan fingerprint density at radius 2 is 2.06 bits per heavy atom. The summed E-state index contributed by atoms with van der Waals surface area (Å²) in [5, 5.41) is 2.90. The van der Waals surface area contributed by atoms with Gasteiger partial charge in [-0.15, -0.1) is 0 Å². The minimum atomic E-state index is 0.0572. The van der Waals surface area contributed by atoms with Crippen molar-refractivity contribution in [2.75, 3.05) is 32.8 Å². The van der Waals surface area contributed by atoms with Gasteiger partial charge in [0.1, 0.15) is 0 Å². The van der Waals surface area contributed by atoms with Gasteiger partial charge in [-0.2, -0.15) is 0 Å². The molecule has 2 rings (SSSR count). The van der Waals surface area contributed by atoms with Gasteiger partial charge in [0.15, 0.2) is 0 Å². The predicted molar refractivity (Wildman–Crippen MR) is 68.8 cm³/mol. The maximum Gasteiger partial charge on any atom is 0.0608 e. The van der Waals surface area contributed by atoms with Crippen molar-refractivity contribution in [2.45, 2.75) is 6.04 Å². The molecule has 5 heteroatoms. The average molecular weight is 256 g/mol. The second-order valence-electron chi connectivity index (χ2n) is 4.04. The maximum atomic E-state index is 6.18. The van der Waals surface area contributed by atoms with Crippen LogP contribution < -0.4 is 11.2 Å². The molecule has 0 saturated carbocycles. The topological polar surface area (TPSA) is 50.5 Å². The zero-order chi connectivity index (χ0) is 12.1. The minimum absolute atomic E-state index is 0.0572. The van der Waals surface area contributed by atoms with Crippen molar-refractivity contribution in [3.8, 4) is 0 Å². The third kappa shape index (κ3) is 3.40. The van der Waals surface area contributed by atoms with Crippen molar-refractivity contribution in [3.63, 3.8) is 0 Å². The summed E-state index contributed by atoms with van der Waals surface area (Å²) in [5.74, 6) is 0. The fraction of sp³-hybridized carbons (Fsp3) is 0.500. The smallest absolute Gasteiger partial charge is 0.0608 e. The zero-order valence-corrected chi connectivity index (χ0v) is 10.5. The molecule has 1 heterocycles. The molecule has 94 valence electrons. The normalized spacial score (nSPS) is 19.2. The molecule has 0 aromatic heterocycles. The molecule has 3 N–H and O–H groups in total. The van der Waals surface area contributed by atoms with Crippen LogP contribution >= 0.6 is 11.6 Å². The summed E-state index contributed by atoms with van der Waals surface area (Å²) in [6.45, 7) is 3.78. The Balaban J connectivity index is 2.03. The second-order valence-corrected chi connectivity index (χ2v) is 4.45. The Morgan fingerprint density at radius 1 is 1.35 bits per heavy atom. The van der Waals surface area contributed by atoms with Crippen molar-refractivity contribution in [3.05, 3.63) is 34.9 Å². The van der Waals surface area contributed by atoms with Crippen LogP contribution in [0.1, 0.15) is 11.6 Å². The van der Waals surface area contributed by atoms with Gasteiger partial charge >= 0.3 is 0 Å². The lowest BCUT2D eigenvalue weighted by molar-refractivity contribution is 0.00406. The first-order valence-corrected chi connectivity index (χ1v) is 6.22. The van der Waals surface area contributed by atoms with Crippen molar-refractivity contribution < 1.29 is 4.74 Å². The monoisotopic (exact) mass is 255 g/mol. The maximum absolute atomic E-state index is 6.18. The number of morpholine rings is 1. The molecular weight excluding hydrogens is 238 g/mol. The number of benzene rings is 1. The molecule has 17 heavy (non-hydrogen) atoms. The van der Waals surface area contributed by atoms with Crippen LogP contribution in [0.15, 0.2) is 24.3 Å². The summed E-state index contributed by atoms with van der Waals surface area (Å²) < 4.78 is 5.31. The molecular formula is C12H18ClN3O. The Hall–Kier alpha value is -0.650. The number of hydrogen-bond acceptors (Lipinski definition) is 4. The third-order valence-corrected chi connectivity index (χ3v) is 3.21. The highest BCUT2D eigenvalue weighted by molar-refractivity contribution is 6.31. The van der Waals surface area contributed by atoms with Gasteiger partial charge in [-0.1, -0.05) is 29.8 Å². The number of hydrazine groups is 1. The number of halogens is 1. The van der Waals surface area contributed by atoms with E-state index in [1.54, 1.807) is 0 Å². The summed E-state index contributed by atoms with van der Waals surface area (Å²) >= 11 is 6.18. The van der Waals surface area contributed by atoms with Crippen LogP contribution in [0, 0.1) is 0 Å². The first-order chi connectivity index (χ1) is 8.31. The molecule has 1 fully saturated rings. The molecule has 0 bridgehead atoms. The van der Waals surface area contributed by atoms with E-state index in [1.807, 2.05) is 24.3 Å². The number of hydrogen-bond donors (Lipinski definition) is 2. The molecule has 1 aromatic rings.